The van der Waals surface area contributed by atoms with Gasteiger partial charge in [-0.1, -0.05) is 13.8 Å². The molecule has 1 rings (SSSR count). The fourth-order valence-corrected chi connectivity index (χ4v) is 1.47. The minimum atomic E-state index is 0.723. The summed E-state index contributed by atoms with van der Waals surface area (Å²) in [5.74, 6) is 0. The summed E-state index contributed by atoms with van der Waals surface area (Å²) in [4.78, 5) is 13.6. The summed E-state index contributed by atoms with van der Waals surface area (Å²) in [5, 5.41) is 0. The minimum Gasteiger partial charge on any atom is -0.304 e. The summed E-state index contributed by atoms with van der Waals surface area (Å²) in [6, 6.07) is 1.45. The van der Waals surface area contributed by atoms with Crippen molar-refractivity contribution >= 4 is 6.29 Å². The normalized spacial score (nSPS) is 26.9. The predicted molar refractivity (Wildman–Crippen MR) is 67.3 cm³/mol. The third kappa shape index (κ3) is 7.51. The average molecular weight is 216 g/mol. The van der Waals surface area contributed by atoms with Crippen LogP contribution in [-0.4, -0.2) is 55.4 Å². The lowest BCUT2D eigenvalue weighted by Crippen LogP contribution is -2.53. The van der Waals surface area contributed by atoms with Gasteiger partial charge in [-0.05, 0) is 34.9 Å². The highest BCUT2D eigenvalue weighted by Crippen LogP contribution is 2.09. The first-order valence-corrected chi connectivity index (χ1v) is 5.83. The third-order valence-electron chi connectivity index (χ3n) is 2.61. The van der Waals surface area contributed by atoms with Crippen molar-refractivity contribution in [3.8, 4) is 0 Å². The van der Waals surface area contributed by atoms with Crippen molar-refractivity contribution in [3.05, 3.63) is 0 Å². The molecule has 0 aliphatic carbocycles. The van der Waals surface area contributed by atoms with Crippen LogP contribution in [0.1, 0.15) is 34.6 Å². The van der Waals surface area contributed by atoms with E-state index in [9.17, 15) is 0 Å². The molecule has 1 fully saturated rings. The lowest BCUT2D eigenvalue weighted by Gasteiger charge is -2.40. The van der Waals surface area contributed by atoms with Gasteiger partial charge in [-0.25, -0.2) is 0 Å². The molecule has 0 radical (unpaired) electrons. The second kappa shape index (κ2) is 10.1. The van der Waals surface area contributed by atoms with Crippen LogP contribution in [0.4, 0.5) is 0 Å². The zero-order valence-electron chi connectivity index (χ0n) is 11.4. The van der Waals surface area contributed by atoms with Crippen molar-refractivity contribution in [1.82, 2.24) is 9.80 Å². The highest BCUT2D eigenvalue weighted by Gasteiger charge is 2.22. The number of carbonyl (C=O) groups excluding carboxylic acids is 1. The number of likely N-dealkylation sites (N-methyl/N-ethyl adjacent to an activating group) is 2. The maximum Gasteiger partial charge on any atom is 0.116 e. The van der Waals surface area contributed by atoms with Crippen LogP contribution in [0, 0.1) is 0 Å². The Balaban J connectivity index is 0. The topological polar surface area (TPSA) is 23.6 Å². The van der Waals surface area contributed by atoms with Crippen LogP contribution in [0.5, 0.6) is 0 Å². The Morgan fingerprint density at radius 3 is 1.40 bits per heavy atom. The number of rotatable bonds is 0. The van der Waals surface area contributed by atoms with Gasteiger partial charge in [0.05, 0.1) is 0 Å². The molecule has 2 unspecified atom stereocenters. The summed E-state index contributed by atoms with van der Waals surface area (Å²) in [6.45, 7) is 12.4. The van der Waals surface area contributed by atoms with E-state index in [-0.39, 0.29) is 0 Å². The lowest BCUT2D eigenvalue weighted by molar-refractivity contribution is -0.106. The highest BCUT2D eigenvalue weighted by atomic mass is 16.1. The Bertz CT molecular complexity index is 125. The summed E-state index contributed by atoms with van der Waals surface area (Å²) in [7, 11) is 4.41. The first kappa shape index (κ1) is 17.0. The predicted octanol–water partition coefficient (Wildman–Crippen LogP) is 1.87. The van der Waals surface area contributed by atoms with Gasteiger partial charge < -0.3 is 14.6 Å². The van der Waals surface area contributed by atoms with Crippen molar-refractivity contribution < 1.29 is 4.79 Å². The van der Waals surface area contributed by atoms with Crippen molar-refractivity contribution in [3.63, 3.8) is 0 Å². The quantitative estimate of drug-likeness (QED) is 0.578. The second-order valence-corrected chi connectivity index (χ2v) is 3.81. The van der Waals surface area contributed by atoms with Crippen LogP contribution in [0.3, 0.4) is 0 Å². The van der Waals surface area contributed by atoms with E-state index in [1.165, 1.54) is 20.0 Å². The third-order valence-corrected chi connectivity index (χ3v) is 2.61. The fourth-order valence-electron chi connectivity index (χ4n) is 1.47. The number of aldehydes is 1. The van der Waals surface area contributed by atoms with E-state index in [1.807, 2.05) is 13.8 Å². The molecule has 3 nitrogen and oxygen atoms in total. The van der Waals surface area contributed by atoms with E-state index < -0.39 is 0 Å². The first-order chi connectivity index (χ1) is 7.02. The van der Waals surface area contributed by atoms with E-state index >= 15 is 0 Å². The molecule has 0 bridgehead atoms. The largest absolute Gasteiger partial charge is 0.304 e. The van der Waals surface area contributed by atoms with Crippen LogP contribution in [0.15, 0.2) is 0 Å². The molecule has 15 heavy (non-hydrogen) atoms. The highest BCUT2D eigenvalue weighted by molar-refractivity contribution is 5.44. The van der Waals surface area contributed by atoms with Gasteiger partial charge >= 0.3 is 0 Å². The van der Waals surface area contributed by atoms with Crippen LogP contribution in [0.25, 0.3) is 0 Å². The number of hydrogen-bond acceptors (Lipinski definition) is 3. The summed E-state index contributed by atoms with van der Waals surface area (Å²) in [5.41, 5.74) is 0. The number of hydrogen-bond donors (Lipinski definition) is 0. The van der Waals surface area contributed by atoms with Gasteiger partial charge in [0.15, 0.2) is 0 Å². The molecule has 0 amide bonds. The van der Waals surface area contributed by atoms with E-state index in [4.69, 9.17) is 4.79 Å². The molecule has 1 heterocycles. The standard InChI is InChI=1S/C8H18N2.C2H4O.C2H6/c1-7-5-10(4)8(2)6-9(7)3;1-2-3;1-2/h7-8H,5-6H2,1-4H3;2H,1H3;1-2H3. The van der Waals surface area contributed by atoms with Gasteiger partial charge in [-0.2, -0.15) is 0 Å². The first-order valence-electron chi connectivity index (χ1n) is 5.83. The molecular formula is C12H28N2O. The van der Waals surface area contributed by atoms with Crippen LogP contribution in [0.2, 0.25) is 0 Å². The van der Waals surface area contributed by atoms with Crippen molar-refractivity contribution in [2.24, 2.45) is 0 Å². The molecule has 0 N–H and O–H groups in total. The maximum atomic E-state index is 8.81. The number of piperazine rings is 1. The molecule has 0 aromatic carbocycles. The zero-order chi connectivity index (χ0) is 12.4. The smallest absolute Gasteiger partial charge is 0.116 e. The maximum absolute atomic E-state index is 8.81. The second-order valence-electron chi connectivity index (χ2n) is 3.81. The minimum absolute atomic E-state index is 0.723. The summed E-state index contributed by atoms with van der Waals surface area (Å²) < 4.78 is 0. The van der Waals surface area contributed by atoms with Crippen molar-refractivity contribution in [2.75, 3.05) is 27.2 Å². The fraction of sp³-hybridized carbons (Fsp3) is 0.917. The Labute approximate surface area is 95.4 Å². The Morgan fingerprint density at radius 2 is 1.20 bits per heavy atom. The molecule has 92 valence electrons. The van der Waals surface area contributed by atoms with Crippen LogP contribution < -0.4 is 0 Å². The van der Waals surface area contributed by atoms with E-state index in [2.05, 4.69) is 37.7 Å². The van der Waals surface area contributed by atoms with E-state index in [1.54, 1.807) is 0 Å². The Morgan fingerprint density at radius 1 is 1.00 bits per heavy atom. The lowest BCUT2D eigenvalue weighted by atomic mass is 10.1. The van der Waals surface area contributed by atoms with E-state index in [0.717, 1.165) is 18.4 Å². The van der Waals surface area contributed by atoms with E-state index in [0.29, 0.717) is 0 Å². The average Bonchev–Trinajstić information content (AvgIpc) is 2.19. The molecule has 0 spiro atoms. The Kier molecular flexibility index (Phi) is 11.5. The van der Waals surface area contributed by atoms with Gasteiger partial charge in [0, 0.05) is 25.2 Å². The summed E-state index contributed by atoms with van der Waals surface area (Å²) >= 11 is 0. The molecule has 0 aromatic rings. The zero-order valence-corrected chi connectivity index (χ0v) is 11.4. The molecule has 1 aliphatic rings. The van der Waals surface area contributed by atoms with Crippen molar-refractivity contribution in [1.29, 1.82) is 0 Å². The van der Waals surface area contributed by atoms with Crippen LogP contribution >= 0.6 is 0 Å². The Hall–Kier alpha value is -0.410. The van der Waals surface area contributed by atoms with Gasteiger partial charge in [0.1, 0.15) is 6.29 Å². The molecular weight excluding hydrogens is 188 g/mol. The van der Waals surface area contributed by atoms with Gasteiger partial charge in [0.2, 0.25) is 0 Å². The summed E-state index contributed by atoms with van der Waals surface area (Å²) in [6.07, 6.45) is 0.750. The molecule has 0 aromatic heterocycles. The van der Waals surface area contributed by atoms with Crippen molar-refractivity contribution in [2.45, 2.75) is 46.7 Å². The molecule has 1 aliphatic heterocycles. The monoisotopic (exact) mass is 216 g/mol. The van der Waals surface area contributed by atoms with Crippen LogP contribution in [-0.2, 0) is 4.79 Å². The van der Waals surface area contributed by atoms with Gasteiger partial charge in [0.25, 0.3) is 0 Å². The van der Waals surface area contributed by atoms with Gasteiger partial charge in [-0.3, -0.25) is 0 Å². The van der Waals surface area contributed by atoms with Gasteiger partial charge in [-0.15, -0.1) is 0 Å². The molecule has 0 saturated carbocycles. The number of carbonyl (C=O) groups is 1. The molecule has 2 atom stereocenters. The number of nitrogens with zero attached hydrogens (tertiary/aromatic N) is 2. The SMILES string of the molecule is CC.CC1CN(C)C(C)CN1C.CC=O. The molecule has 1 saturated heterocycles. The molecule has 3 heteroatoms.